The molecule has 0 unspecified atom stereocenters. The van der Waals surface area contributed by atoms with E-state index in [9.17, 15) is 4.79 Å². The third-order valence-electron chi connectivity index (χ3n) is 5.16. The summed E-state index contributed by atoms with van der Waals surface area (Å²) in [7, 11) is 2.00. The van der Waals surface area contributed by atoms with Crippen LogP contribution in [0.5, 0.6) is 5.75 Å². The predicted molar refractivity (Wildman–Crippen MR) is 104 cm³/mol. The number of ether oxygens (including phenoxy) is 1. The van der Waals surface area contributed by atoms with Crippen molar-refractivity contribution in [3.63, 3.8) is 0 Å². The molecule has 140 valence electrons. The predicted octanol–water partition coefficient (Wildman–Crippen LogP) is 2.93. The molecule has 0 N–H and O–H groups in total. The summed E-state index contributed by atoms with van der Waals surface area (Å²) in [6, 6.07) is 11.7. The van der Waals surface area contributed by atoms with E-state index < -0.39 is 0 Å². The molecule has 1 aliphatic heterocycles. The first kappa shape index (κ1) is 17.5. The van der Waals surface area contributed by atoms with Crippen molar-refractivity contribution in [2.45, 2.75) is 25.7 Å². The molecule has 3 heterocycles. The van der Waals surface area contributed by atoms with Crippen LogP contribution in [0.2, 0.25) is 0 Å². The van der Waals surface area contributed by atoms with Crippen molar-refractivity contribution >= 4 is 17.1 Å². The summed E-state index contributed by atoms with van der Waals surface area (Å²) in [6.45, 7) is 4.09. The number of hydrogen-bond acceptors (Lipinski definition) is 4. The van der Waals surface area contributed by atoms with E-state index in [0.717, 1.165) is 41.3 Å². The molecule has 1 aromatic carbocycles. The number of carbonyl (C=O) groups is 1. The van der Waals surface area contributed by atoms with E-state index in [2.05, 4.69) is 9.55 Å². The Morgan fingerprint density at radius 1 is 1.26 bits per heavy atom. The molecule has 0 aliphatic carbocycles. The first-order valence-corrected chi connectivity index (χ1v) is 9.42. The standard InChI is InChI=1S/C21H24N4O2/c1-3-27-17-8-6-15(7-9-17)13-19(26)25-12-10-16(14-25)20-23-18-5-4-11-22-21(18)24(20)2/h4-9,11,16H,3,10,12-14H2,1-2H3/t16-/m0/s1. The van der Waals surface area contributed by atoms with Gasteiger partial charge in [0.1, 0.15) is 17.1 Å². The van der Waals surface area contributed by atoms with Gasteiger partial charge in [-0.05, 0) is 43.2 Å². The fourth-order valence-corrected chi connectivity index (χ4v) is 3.76. The highest BCUT2D eigenvalue weighted by Crippen LogP contribution is 2.28. The Morgan fingerprint density at radius 3 is 2.81 bits per heavy atom. The highest BCUT2D eigenvalue weighted by Gasteiger charge is 2.30. The third-order valence-corrected chi connectivity index (χ3v) is 5.16. The lowest BCUT2D eigenvalue weighted by Gasteiger charge is -2.17. The van der Waals surface area contributed by atoms with Crippen molar-refractivity contribution in [3.8, 4) is 5.75 Å². The molecule has 6 nitrogen and oxygen atoms in total. The lowest BCUT2D eigenvalue weighted by Crippen LogP contribution is -2.30. The summed E-state index contributed by atoms with van der Waals surface area (Å²) >= 11 is 0. The van der Waals surface area contributed by atoms with Crippen molar-refractivity contribution in [3.05, 3.63) is 54.0 Å². The maximum atomic E-state index is 12.7. The normalized spacial score (nSPS) is 16.8. The van der Waals surface area contributed by atoms with E-state index in [1.54, 1.807) is 6.20 Å². The van der Waals surface area contributed by atoms with Gasteiger partial charge in [0.25, 0.3) is 0 Å². The van der Waals surface area contributed by atoms with Gasteiger partial charge in [0.05, 0.1) is 13.0 Å². The van der Waals surface area contributed by atoms with E-state index in [-0.39, 0.29) is 11.8 Å². The fourth-order valence-electron chi connectivity index (χ4n) is 3.76. The van der Waals surface area contributed by atoms with Gasteiger partial charge in [0.2, 0.25) is 5.91 Å². The molecule has 1 fully saturated rings. The number of imidazole rings is 1. The molecule has 0 saturated carbocycles. The van der Waals surface area contributed by atoms with E-state index in [4.69, 9.17) is 9.72 Å². The number of aryl methyl sites for hydroxylation is 1. The lowest BCUT2D eigenvalue weighted by atomic mass is 10.1. The minimum Gasteiger partial charge on any atom is -0.494 e. The topological polar surface area (TPSA) is 60.2 Å². The number of nitrogens with zero attached hydrogens (tertiary/aromatic N) is 4. The minimum absolute atomic E-state index is 0.165. The molecule has 1 aliphatic rings. The molecular weight excluding hydrogens is 340 g/mol. The van der Waals surface area contributed by atoms with E-state index >= 15 is 0 Å². The largest absolute Gasteiger partial charge is 0.494 e. The van der Waals surface area contributed by atoms with Gasteiger partial charge < -0.3 is 14.2 Å². The van der Waals surface area contributed by atoms with Gasteiger partial charge in [-0.3, -0.25) is 4.79 Å². The highest BCUT2D eigenvalue weighted by molar-refractivity contribution is 5.79. The maximum absolute atomic E-state index is 12.7. The second kappa shape index (κ2) is 7.39. The van der Waals surface area contributed by atoms with Gasteiger partial charge in [-0.25, -0.2) is 9.97 Å². The first-order chi connectivity index (χ1) is 13.2. The Kier molecular flexibility index (Phi) is 4.79. The zero-order valence-corrected chi connectivity index (χ0v) is 15.8. The van der Waals surface area contributed by atoms with Crippen LogP contribution in [0.15, 0.2) is 42.6 Å². The molecular formula is C21H24N4O2. The zero-order valence-electron chi connectivity index (χ0n) is 15.8. The number of fused-ring (bicyclic) bond motifs is 1. The monoisotopic (exact) mass is 364 g/mol. The molecule has 2 aromatic heterocycles. The van der Waals surface area contributed by atoms with Crippen LogP contribution in [-0.4, -0.2) is 45.0 Å². The van der Waals surface area contributed by atoms with Crippen LogP contribution >= 0.6 is 0 Å². The molecule has 6 heteroatoms. The summed E-state index contributed by atoms with van der Waals surface area (Å²) in [5, 5.41) is 0. The van der Waals surface area contributed by atoms with Crippen molar-refractivity contribution in [2.75, 3.05) is 19.7 Å². The van der Waals surface area contributed by atoms with Crippen LogP contribution < -0.4 is 4.74 Å². The van der Waals surface area contributed by atoms with Gasteiger partial charge in [-0.15, -0.1) is 0 Å². The van der Waals surface area contributed by atoms with Crippen LogP contribution in [0.3, 0.4) is 0 Å². The average molecular weight is 364 g/mol. The van der Waals surface area contributed by atoms with Gasteiger partial charge >= 0.3 is 0 Å². The van der Waals surface area contributed by atoms with Crippen LogP contribution in [0, 0.1) is 0 Å². The molecule has 27 heavy (non-hydrogen) atoms. The molecule has 3 aromatic rings. The van der Waals surface area contributed by atoms with Crippen LogP contribution in [0.4, 0.5) is 0 Å². The van der Waals surface area contributed by atoms with Crippen LogP contribution in [0.25, 0.3) is 11.2 Å². The number of carbonyl (C=O) groups excluding carboxylic acids is 1. The summed E-state index contributed by atoms with van der Waals surface area (Å²) in [5.74, 6) is 2.28. The molecule has 1 atom stereocenters. The van der Waals surface area contributed by atoms with Gasteiger partial charge in [0, 0.05) is 32.3 Å². The summed E-state index contributed by atoms with van der Waals surface area (Å²) in [6.07, 6.45) is 3.14. The average Bonchev–Trinajstić information content (AvgIpc) is 3.29. The Morgan fingerprint density at radius 2 is 2.07 bits per heavy atom. The van der Waals surface area contributed by atoms with Gasteiger partial charge in [0.15, 0.2) is 5.65 Å². The minimum atomic E-state index is 0.165. The number of likely N-dealkylation sites (tertiary alicyclic amines) is 1. The Hall–Kier alpha value is -2.89. The summed E-state index contributed by atoms with van der Waals surface area (Å²) < 4.78 is 7.51. The Bertz CT molecular complexity index is 948. The molecule has 0 spiro atoms. The second-order valence-electron chi connectivity index (χ2n) is 6.95. The second-order valence-corrected chi connectivity index (χ2v) is 6.95. The van der Waals surface area contributed by atoms with Crippen LogP contribution in [-0.2, 0) is 18.3 Å². The Labute approximate surface area is 158 Å². The summed E-state index contributed by atoms with van der Waals surface area (Å²) in [5.41, 5.74) is 2.82. The molecule has 0 bridgehead atoms. The molecule has 0 radical (unpaired) electrons. The van der Waals surface area contributed by atoms with Crippen molar-refractivity contribution in [1.82, 2.24) is 19.4 Å². The quantitative estimate of drug-likeness (QED) is 0.698. The Balaban J connectivity index is 1.42. The smallest absolute Gasteiger partial charge is 0.227 e. The zero-order chi connectivity index (χ0) is 18.8. The van der Waals surface area contributed by atoms with Crippen molar-refractivity contribution < 1.29 is 9.53 Å². The number of rotatable bonds is 5. The summed E-state index contributed by atoms with van der Waals surface area (Å²) in [4.78, 5) is 23.8. The van der Waals surface area contributed by atoms with E-state index in [0.29, 0.717) is 19.6 Å². The van der Waals surface area contributed by atoms with Crippen molar-refractivity contribution in [1.29, 1.82) is 0 Å². The number of hydrogen-bond donors (Lipinski definition) is 0. The SMILES string of the molecule is CCOc1ccc(CC(=O)N2CC[C@H](c3nc4cccnc4n3C)C2)cc1. The lowest BCUT2D eigenvalue weighted by molar-refractivity contribution is -0.129. The van der Waals surface area contributed by atoms with E-state index in [1.165, 1.54) is 0 Å². The van der Waals surface area contributed by atoms with Gasteiger partial charge in [-0.1, -0.05) is 12.1 Å². The molecule has 1 amide bonds. The number of benzene rings is 1. The maximum Gasteiger partial charge on any atom is 0.227 e. The third kappa shape index (κ3) is 3.52. The van der Waals surface area contributed by atoms with Crippen LogP contribution in [0.1, 0.15) is 30.7 Å². The molecule has 1 saturated heterocycles. The fraction of sp³-hybridized carbons (Fsp3) is 0.381. The van der Waals surface area contributed by atoms with Crippen molar-refractivity contribution in [2.24, 2.45) is 7.05 Å². The number of amides is 1. The number of aromatic nitrogens is 3. The van der Waals surface area contributed by atoms with Gasteiger partial charge in [-0.2, -0.15) is 0 Å². The number of pyridine rings is 1. The molecule has 4 rings (SSSR count). The highest BCUT2D eigenvalue weighted by atomic mass is 16.5. The van der Waals surface area contributed by atoms with E-state index in [1.807, 2.05) is 55.3 Å². The first-order valence-electron chi connectivity index (χ1n) is 9.42.